The molecular weight excluding hydrogens is 198 g/mol. The monoisotopic (exact) mass is 212 g/mol. The lowest BCUT2D eigenvalue weighted by atomic mass is 10.2. The fourth-order valence-corrected chi connectivity index (χ4v) is 1.74. The van der Waals surface area contributed by atoms with Crippen LogP contribution in [0.5, 0.6) is 0 Å². The quantitative estimate of drug-likeness (QED) is 0.687. The van der Waals surface area contributed by atoms with Gasteiger partial charge in [-0.15, -0.1) is 0 Å². The topological polar surface area (TPSA) is 37.3 Å². The number of carboxylic acids is 1. The number of rotatable bonds is 6. The standard InChI is InChI=1S/C8H14F2O2S/c1-6(2)3-4-13-5-8(9,10)7(11)12/h6H,3-5H2,1-2H3,(H,11,12). The highest BCUT2D eigenvalue weighted by molar-refractivity contribution is 7.99. The fourth-order valence-electron chi connectivity index (χ4n) is 0.581. The summed E-state index contributed by atoms with van der Waals surface area (Å²) in [4.78, 5) is 9.99. The summed E-state index contributed by atoms with van der Waals surface area (Å²) in [6.45, 7) is 3.99. The zero-order chi connectivity index (χ0) is 10.5. The van der Waals surface area contributed by atoms with E-state index >= 15 is 0 Å². The van der Waals surface area contributed by atoms with Crippen LogP contribution < -0.4 is 0 Å². The molecule has 13 heavy (non-hydrogen) atoms. The molecule has 0 rings (SSSR count). The molecule has 0 fully saturated rings. The predicted molar refractivity (Wildman–Crippen MR) is 49.4 cm³/mol. The number of thioether (sulfide) groups is 1. The van der Waals surface area contributed by atoms with Crippen LogP contribution in [0.4, 0.5) is 8.78 Å². The Balaban J connectivity index is 3.58. The summed E-state index contributed by atoms with van der Waals surface area (Å²) in [5.41, 5.74) is 0. The Morgan fingerprint density at radius 3 is 2.46 bits per heavy atom. The number of halogens is 2. The summed E-state index contributed by atoms with van der Waals surface area (Å²) in [5.74, 6) is -5.20. The molecule has 0 amide bonds. The maximum absolute atomic E-state index is 12.5. The van der Waals surface area contributed by atoms with E-state index in [1.807, 2.05) is 13.8 Å². The molecule has 1 N–H and O–H groups in total. The summed E-state index contributed by atoms with van der Waals surface area (Å²) >= 11 is 0.986. The first-order valence-electron chi connectivity index (χ1n) is 4.05. The van der Waals surface area contributed by atoms with Gasteiger partial charge in [0.25, 0.3) is 0 Å². The second kappa shape index (κ2) is 5.42. The first-order valence-corrected chi connectivity index (χ1v) is 5.20. The summed E-state index contributed by atoms with van der Waals surface area (Å²) in [5, 5.41) is 8.09. The molecule has 78 valence electrons. The predicted octanol–water partition coefficient (Wildman–Crippen LogP) is 2.49. The SMILES string of the molecule is CC(C)CCSCC(F)(F)C(=O)O. The number of carboxylic acid groups (broad SMARTS) is 1. The van der Waals surface area contributed by atoms with Crippen molar-refractivity contribution in [2.75, 3.05) is 11.5 Å². The van der Waals surface area contributed by atoms with Crippen molar-refractivity contribution in [1.82, 2.24) is 0 Å². The van der Waals surface area contributed by atoms with E-state index in [1.54, 1.807) is 0 Å². The zero-order valence-corrected chi connectivity index (χ0v) is 8.53. The van der Waals surface area contributed by atoms with Gasteiger partial charge in [0.2, 0.25) is 0 Å². The third-order valence-electron chi connectivity index (χ3n) is 1.44. The highest BCUT2D eigenvalue weighted by Crippen LogP contribution is 2.21. The summed E-state index contributed by atoms with van der Waals surface area (Å²) in [6, 6.07) is 0. The molecule has 0 aromatic heterocycles. The van der Waals surface area contributed by atoms with Gasteiger partial charge < -0.3 is 5.11 Å². The van der Waals surface area contributed by atoms with Crippen molar-refractivity contribution in [3.05, 3.63) is 0 Å². The zero-order valence-electron chi connectivity index (χ0n) is 7.72. The number of alkyl halides is 2. The first kappa shape index (κ1) is 12.7. The molecule has 0 aliphatic heterocycles. The van der Waals surface area contributed by atoms with E-state index in [1.165, 1.54) is 0 Å². The molecule has 0 spiro atoms. The smallest absolute Gasteiger partial charge is 0.375 e. The normalized spacial score (nSPS) is 12.1. The average molecular weight is 212 g/mol. The molecule has 0 atom stereocenters. The summed E-state index contributed by atoms with van der Waals surface area (Å²) in [7, 11) is 0. The molecule has 0 aliphatic carbocycles. The van der Waals surface area contributed by atoms with Crippen molar-refractivity contribution in [3.63, 3.8) is 0 Å². The minimum atomic E-state index is -3.58. The van der Waals surface area contributed by atoms with E-state index < -0.39 is 17.6 Å². The molecule has 0 bridgehead atoms. The third-order valence-corrected chi connectivity index (χ3v) is 2.53. The van der Waals surface area contributed by atoms with E-state index in [0.717, 1.165) is 18.2 Å². The maximum Gasteiger partial charge on any atom is 0.375 e. The largest absolute Gasteiger partial charge is 0.477 e. The van der Waals surface area contributed by atoms with E-state index in [4.69, 9.17) is 5.11 Å². The van der Waals surface area contributed by atoms with Crippen LogP contribution in [0.3, 0.4) is 0 Å². The van der Waals surface area contributed by atoms with Crippen molar-refractivity contribution in [3.8, 4) is 0 Å². The van der Waals surface area contributed by atoms with Crippen molar-refractivity contribution in [2.45, 2.75) is 26.2 Å². The van der Waals surface area contributed by atoms with Gasteiger partial charge in [0.05, 0.1) is 5.75 Å². The molecular formula is C8H14F2O2S. The van der Waals surface area contributed by atoms with Crippen LogP contribution in [-0.2, 0) is 4.79 Å². The van der Waals surface area contributed by atoms with Gasteiger partial charge in [0.15, 0.2) is 0 Å². The van der Waals surface area contributed by atoms with E-state index in [0.29, 0.717) is 11.7 Å². The molecule has 0 radical (unpaired) electrons. The van der Waals surface area contributed by atoms with Gasteiger partial charge in [-0.1, -0.05) is 13.8 Å². The van der Waals surface area contributed by atoms with E-state index in [-0.39, 0.29) is 0 Å². The molecule has 0 heterocycles. The Hall–Kier alpha value is -0.320. The Morgan fingerprint density at radius 1 is 1.54 bits per heavy atom. The van der Waals surface area contributed by atoms with Crippen molar-refractivity contribution in [2.24, 2.45) is 5.92 Å². The number of hydrogen-bond donors (Lipinski definition) is 1. The van der Waals surface area contributed by atoms with Gasteiger partial charge in [-0.25, -0.2) is 4.79 Å². The van der Waals surface area contributed by atoms with Gasteiger partial charge >= 0.3 is 11.9 Å². The van der Waals surface area contributed by atoms with Gasteiger partial charge in [-0.05, 0) is 18.1 Å². The maximum atomic E-state index is 12.5. The lowest BCUT2D eigenvalue weighted by Gasteiger charge is -2.10. The van der Waals surface area contributed by atoms with E-state index in [9.17, 15) is 13.6 Å². The van der Waals surface area contributed by atoms with Crippen molar-refractivity contribution >= 4 is 17.7 Å². The molecule has 0 aliphatic rings. The van der Waals surface area contributed by atoms with Crippen LogP contribution in [0.15, 0.2) is 0 Å². The minimum absolute atomic E-state index is 0.464. The summed E-state index contributed by atoms with van der Waals surface area (Å²) in [6.07, 6.45) is 0.834. The van der Waals surface area contributed by atoms with Crippen LogP contribution in [0, 0.1) is 5.92 Å². The van der Waals surface area contributed by atoms with Crippen LogP contribution >= 0.6 is 11.8 Å². The average Bonchev–Trinajstić information content (AvgIpc) is 1.97. The van der Waals surface area contributed by atoms with Gasteiger partial charge in [-0.3, -0.25) is 0 Å². The van der Waals surface area contributed by atoms with Gasteiger partial charge in [-0.2, -0.15) is 20.5 Å². The minimum Gasteiger partial charge on any atom is -0.477 e. The Bertz CT molecular complexity index is 172. The second-order valence-corrected chi connectivity index (χ2v) is 4.35. The van der Waals surface area contributed by atoms with Crippen molar-refractivity contribution < 1.29 is 18.7 Å². The van der Waals surface area contributed by atoms with E-state index in [2.05, 4.69) is 0 Å². The molecule has 0 saturated carbocycles. The molecule has 0 unspecified atom stereocenters. The van der Waals surface area contributed by atoms with Crippen LogP contribution in [0.2, 0.25) is 0 Å². The van der Waals surface area contributed by atoms with Gasteiger partial charge in [0.1, 0.15) is 0 Å². The summed E-state index contributed by atoms with van der Waals surface area (Å²) < 4.78 is 24.9. The van der Waals surface area contributed by atoms with Crippen LogP contribution in [-0.4, -0.2) is 28.5 Å². The lowest BCUT2D eigenvalue weighted by molar-refractivity contribution is -0.161. The Morgan fingerprint density at radius 2 is 2.08 bits per heavy atom. The molecule has 5 heteroatoms. The molecule has 0 saturated heterocycles. The Kier molecular flexibility index (Phi) is 5.29. The number of hydrogen-bond acceptors (Lipinski definition) is 2. The van der Waals surface area contributed by atoms with Gasteiger partial charge in [0, 0.05) is 0 Å². The fraction of sp³-hybridized carbons (Fsp3) is 0.875. The lowest BCUT2D eigenvalue weighted by Crippen LogP contribution is -2.31. The Labute approximate surface area is 80.7 Å². The van der Waals surface area contributed by atoms with Crippen molar-refractivity contribution in [1.29, 1.82) is 0 Å². The molecule has 0 aromatic carbocycles. The van der Waals surface area contributed by atoms with Crippen LogP contribution in [0.25, 0.3) is 0 Å². The number of aliphatic carboxylic acids is 1. The molecule has 0 aromatic rings. The highest BCUT2D eigenvalue weighted by Gasteiger charge is 2.38. The van der Waals surface area contributed by atoms with Crippen LogP contribution in [0.1, 0.15) is 20.3 Å². The first-order chi connectivity index (χ1) is 5.86. The third kappa shape index (κ3) is 5.85. The highest BCUT2D eigenvalue weighted by atomic mass is 32.2. The second-order valence-electron chi connectivity index (χ2n) is 3.24. The molecule has 2 nitrogen and oxygen atoms in total. The number of carbonyl (C=O) groups is 1.